The molecule has 2 heterocycles. The van der Waals surface area contributed by atoms with E-state index < -0.39 is 72.8 Å². The van der Waals surface area contributed by atoms with Crippen molar-refractivity contribution in [1.29, 1.82) is 0 Å². The van der Waals surface area contributed by atoms with Crippen LogP contribution in [-0.4, -0.2) is 116 Å². The average molecular weight is 396 g/mol. The van der Waals surface area contributed by atoms with Gasteiger partial charge in [-0.1, -0.05) is 0 Å². The second-order valence-electron chi connectivity index (χ2n) is 6.69. The monoisotopic (exact) mass is 396 g/mol. The van der Waals surface area contributed by atoms with E-state index in [-0.39, 0.29) is 13.2 Å². The van der Waals surface area contributed by atoms with Gasteiger partial charge >= 0.3 is 11.9 Å². The molecule has 0 radical (unpaired) electrons. The minimum absolute atomic E-state index is 0.227. The predicted octanol–water partition coefficient (Wildman–Crippen LogP) is -3.85. The Bertz CT molecular complexity index is 541. The lowest BCUT2D eigenvalue weighted by Gasteiger charge is -2.41. The van der Waals surface area contributed by atoms with E-state index >= 15 is 0 Å². The van der Waals surface area contributed by atoms with Gasteiger partial charge in [-0.2, -0.15) is 0 Å². The van der Waals surface area contributed by atoms with Crippen molar-refractivity contribution in [2.24, 2.45) is 5.92 Å². The van der Waals surface area contributed by atoms with E-state index in [2.05, 4.69) is 0 Å². The van der Waals surface area contributed by atoms with Gasteiger partial charge < -0.3 is 50.0 Å². The number of hydrogen-bond donors (Lipinski definition) is 7. The maximum Gasteiger partial charge on any atom is 0.335 e. The molecule has 0 aliphatic carbocycles. The molecule has 156 valence electrons. The summed E-state index contributed by atoms with van der Waals surface area (Å²) < 4.78 is 15.5. The molecule has 2 aliphatic heterocycles. The third-order valence-corrected chi connectivity index (χ3v) is 4.85. The smallest absolute Gasteiger partial charge is 0.335 e. The van der Waals surface area contributed by atoms with Crippen LogP contribution in [0.1, 0.15) is 6.92 Å². The first-order chi connectivity index (χ1) is 12.6. The maximum absolute atomic E-state index is 11.0. The molecule has 10 atom stereocenters. The van der Waals surface area contributed by atoms with Gasteiger partial charge in [-0.3, -0.25) is 0 Å². The molecular weight excluding hydrogens is 372 g/mol. The third kappa shape index (κ3) is 4.55. The van der Waals surface area contributed by atoms with Crippen LogP contribution in [0.25, 0.3) is 0 Å². The highest BCUT2D eigenvalue weighted by atomic mass is 16.6. The molecule has 0 spiro atoms. The van der Waals surface area contributed by atoms with Gasteiger partial charge in [0.15, 0.2) is 12.2 Å². The van der Waals surface area contributed by atoms with Gasteiger partial charge in [-0.25, -0.2) is 9.59 Å². The fraction of sp³-hybridized carbons (Fsp3) is 0.867. The van der Waals surface area contributed by atoms with Crippen molar-refractivity contribution in [3.8, 4) is 0 Å². The van der Waals surface area contributed by atoms with Gasteiger partial charge in [0.2, 0.25) is 0 Å². The fourth-order valence-corrected chi connectivity index (χ4v) is 3.17. The van der Waals surface area contributed by atoms with Gasteiger partial charge in [-0.05, 0) is 6.92 Å². The molecule has 0 aromatic rings. The summed E-state index contributed by atoms with van der Waals surface area (Å²) in [4.78, 5) is 22.0. The molecule has 2 saturated heterocycles. The number of rotatable bonds is 6. The van der Waals surface area contributed by atoms with Gasteiger partial charge in [-0.15, -0.1) is 0 Å². The standard InChI is InChI=1S/C15H24O12/c1-4-5(7(16)10(19)12(26-4)14(21)22)2-25-3-6-8(17)9(18)11(20)13(27-6)15(23)24/h4-13,16-20H,2-3H2,1H3,(H,21,22)(H,23,24). The highest BCUT2D eigenvalue weighted by molar-refractivity contribution is 5.73. The lowest BCUT2D eigenvalue weighted by atomic mass is 9.88. The summed E-state index contributed by atoms with van der Waals surface area (Å²) in [6.07, 6.45) is -13.7. The summed E-state index contributed by atoms with van der Waals surface area (Å²) in [5, 5.41) is 67.1. The summed E-state index contributed by atoms with van der Waals surface area (Å²) in [6, 6.07) is 0. The Morgan fingerprint density at radius 1 is 0.778 bits per heavy atom. The summed E-state index contributed by atoms with van der Waals surface area (Å²) in [5.41, 5.74) is 0. The summed E-state index contributed by atoms with van der Waals surface area (Å²) >= 11 is 0. The second kappa shape index (κ2) is 8.75. The molecule has 12 nitrogen and oxygen atoms in total. The van der Waals surface area contributed by atoms with E-state index in [0.29, 0.717) is 0 Å². The lowest BCUT2D eigenvalue weighted by Crippen LogP contribution is -2.61. The zero-order valence-electron chi connectivity index (χ0n) is 14.4. The zero-order valence-corrected chi connectivity index (χ0v) is 14.4. The number of hydrogen-bond acceptors (Lipinski definition) is 10. The van der Waals surface area contributed by atoms with Crippen LogP contribution in [0.15, 0.2) is 0 Å². The summed E-state index contributed by atoms with van der Waals surface area (Å²) in [5.74, 6) is -3.74. The number of ether oxygens (including phenoxy) is 3. The first-order valence-electron chi connectivity index (χ1n) is 8.30. The van der Waals surface area contributed by atoms with E-state index in [9.17, 15) is 35.1 Å². The van der Waals surface area contributed by atoms with Crippen LogP contribution in [0.3, 0.4) is 0 Å². The molecule has 0 bridgehead atoms. The van der Waals surface area contributed by atoms with E-state index in [1.807, 2.05) is 0 Å². The number of carbonyl (C=O) groups is 2. The zero-order chi connectivity index (χ0) is 20.5. The van der Waals surface area contributed by atoms with Gasteiger partial charge in [0.05, 0.1) is 25.4 Å². The van der Waals surface area contributed by atoms with Gasteiger partial charge in [0.1, 0.15) is 30.5 Å². The Hall–Kier alpha value is -1.38. The number of aliphatic hydroxyl groups excluding tert-OH is 5. The van der Waals surface area contributed by atoms with Crippen LogP contribution < -0.4 is 0 Å². The summed E-state index contributed by atoms with van der Waals surface area (Å²) in [6.45, 7) is 0.878. The molecule has 0 saturated carbocycles. The minimum atomic E-state index is -1.81. The van der Waals surface area contributed by atoms with E-state index in [1.165, 1.54) is 6.92 Å². The third-order valence-electron chi connectivity index (χ3n) is 4.85. The molecule has 0 aromatic heterocycles. The van der Waals surface area contributed by atoms with E-state index in [4.69, 9.17) is 24.4 Å². The average Bonchev–Trinajstić information content (AvgIpc) is 2.60. The Kier molecular flexibility index (Phi) is 7.10. The molecule has 0 amide bonds. The molecule has 7 N–H and O–H groups in total. The highest BCUT2D eigenvalue weighted by Gasteiger charge is 2.48. The van der Waals surface area contributed by atoms with E-state index in [1.54, 1.807) is 0 Å². The Morgan fingerprint density at radius 3 is 1.85 bits per heavy atom. The van der Waals surface area contributed by atoms with Crippen molar-refractivity contribution >= 4 is 11.9 Å². The number of aliphatic carboxylic acids is 2. The number of carboxylic acids is 2. The fourth-order valence-electron chi connectivity index (χ4n) is 3.17. The molecular formula is C15H24O12. The SMILES string of the molecule is CC1OC(C(=O)O)C(O)C(O)C1COCC1OC(C(=O)O)C(O)C(O)C1O. The molecule has 10 unspecified atom stereocenters. The van der Waals surface area contributed by atoms with Crippen molar-refractivity contribution in [1.82, 2.24) is 0 Å². The first-order valence-corrected chi connectivity index (χ1v) is 8.30. The van der Waals surface area contributed by atoms with Crippen LogP contribution in [0.4, 0.5) is 0 Å². The maximum atomic E-state index is 11.0. The molecule has 2 rings (SSSR count). The Morgan fingerprint density at radius 2 is 1.30 bits per heavy atom. The first kappa shape index (κ1) is 21.9. The molecule has 12 heteroatoms. The lowest BCUT2D eigenvalue weighted by molar-refractivity contribution is -0.241. The number of aliphatic hydroxyl groups is 5. The number of carboxylic acid groups (broad SMARTS) is 2. The quantitative estimate of drug-likeness (QED) is 0.230. The molecule has 0 aromatic carbocycles. The topological polar surface area (TPSA) is 203 Å². The summed E-state index contributed by atoms with van der Waals surface area (Å²) in [7, 11) is 0. The van der Waals surface area contributed by atoms with Gasteiger partial charge in [0.25, 0.3) is 0 Å². The molecule has 27 heavy (non-hydrogen) atoms. The van der Waals surface area contributed by atoms with Crippen molar-refractivity contribution < 1.29 is 59.5 Å². The van der Waals surface area contributed by atoms with E-state index in [0.717, 1.165) is 0 Å². The predicted molar refractivity (Wildman–Crippen MR) is 82.6 cm³/mol. The van der Waals surface area contributed by atoms with Crippen LogP contribution in [0.5, 0.6) is 0 Å². The normalized spacial score (nSPS) is 45.4. The Balaban J connectivity index is 1.93. The van der Waals surface area contributed by atoms with Crippen molar-refractivity contribution in [2.75, 3.05) is 13.2 Å². The minimum Gasteiger partial charge on any atom is -0.479 e. The van der Waals surface area contributed by atoms with Gasteiger partial charge in [0, 0.05) is 5.92 Å². The Labute approximate surface area is 153 Å². The van der Waals surface area contributed by atoms with Crippen LogP contribution in [0, 0.1) is 5.92 Å². The van der Waals surface area contributed by atoms with Crippen LogP contribution in [-0.2, 0) is 23.8 Å². The largest absolute Gasteiger partial charge is 0.479 e. The van der Waals surface area contributed by atoms with Crippen molar-refractivity contribution in [3.63, 3.8) is 0 Å². The molecule has 2 aliphatic rings. The molecule has 2 fully saturated rings. The second-order valence-corrected chi connectivity index (χ2v) is 6.69. The van der Waals surface area contributed by atoms with Crippen molar-refractivity contribution in [3.05, 3.63) is 0 Å². The van der Waals surface area contributed by atoms with Crippen molar-refractivity contribution in [2.45, 2.75) is 61.9 Å². The van der Waals surface area contributed by atoms with Crippen LogP contribution in [0.2, 0.25) is 0 Å². The highest BCUT2D eigenvalue weighted by Crippen LogP contribution is 2.27. The van der Waals surface area contributed by atoms with Crippen LogP contribution >= 0.6 is 0 Å².